The number of sulfonamides is 1. The average molecular weight is 714 g/mol. The summed E-state index contributed by atoms with van der Waals surface area (Å²) >= 11 is 0. The molecule has 50 heavy (non-hydrogen) atoms. The number of nitrogens with one attached hydrogen (secondary N) is 3. The van der Waals surface area contributed by atoms with Crippen molar-refractivity contribution in [3.8, 4) is 5.75 Å². The topological polar surface area (TPSA) is 150 Å². The van der Waals surface area contributed by atoms with Gasteiger partial charge in [0.05, 0.1) is 11.9 Å². The minimum absolute atomic E-state index is 0.0400. The largest absolute Gasteiger partial charge is 0.491 e. The van der Waals surface area contributed by atoms with Crippen molar-refractivity contribution in [3.63, 3.8) is 0 Å². The van der Waals surface area contributed by atoms with Crippen LogP contribution in [0, 0.1) is 5.82 Å². The first-order valence-electron chi connectivity index (χ1n) is 16.6. The second-order valence-electron chi connectivity index (χ2n) is 13.3. The molecule has 12 nitrogen and oxygen atoms in total. The summed E-state index contributed by atoms with van der Waals surface area (Å²) in [4.78, 5) is 27.0. The quantitative estimate of drug-likeness (QED) is 0.172. The Labute approximate surface area is 294 Å². The lowest BCUT2D eigenvalue weighted by Crippen LogP contribution is -2.46. The van der Waals surface area contributed by atoms with Crippen molar-refractivity contribution in [3.05, 3.63) is 89.7 Å². The molecule has 0 aliphatic carbocycles. The van der Waals surface area contributed by atoms with Gasteiger partial charge in [-0.2, -0.15) is 4.31 Å². The van der Waals surface area contributed by atoms with Gasteiger partial charge in [-0.1, -0.05) is 30.3 Å². The number of aliphatic hydroxyl groups is 1. The molecular weight excluding hydrogens is 665 g/mol. The zero-order valence-electron chi connectivity index (χ0n) is 29.0. The predicted octanol–water partition coefficient (Wildman–Crippen LogP) is 4.88. The molecule has 1 saturated heterocycles. The van der Waals surface area contributed by atoms with Crippen molar-refractivity contribution in [2.75, 3.05) is 48.7 Å². The summed E-state index contributed by atoms with van der Waals surface area (Å²) in [5, 5.41) is 20.1. The summed E-state index contributed by atoms with van der Waals surface area (Å²) in [6, 6.07) is 20.5. The number of hydrogen-bond acceptors (Lipinski definition) is 9. The number of piperidine rings is 1. The van der Waals surface area contributed by atoms with E-state index in [0.29, 0.717) is 36.2 Å². The third-order valence-electron chi connectivity index (χ3n) is 7.82. The highest BCUT2D eigenvalue weighted by Crippen LogP contribution is 2.26. The molecule has 1 fully saturated rings. The summed E-state index contributed by atoms with van der Waals surface area (Å²) in [5.74, 6) is -0.00665. The molecule has 0 bridgehead atoms. The fourth-order valence-corrected chi connectivity index (χ4v) is 6.11. The van der Waals surface area contributed by atoms with Crippen molar-refractivity contribution in [2.45, 2.75) is 64.3 Å². The second kappa shape index (κ2) is 17.5. The van der Waals surface area contributed by atoms with E-state index in [1.807, 2.05) is 17.0 Å². The predicted molar refractivity (Wildman–Crippen MR) is 191 cm³/mol. The third-order valence-corrected chi connectivity index (χ3v) is 8.84. The van der Waals surface area contributed by atoms with E-state index in [2.05, 4.69) is 28.1 Å². The van der Waals surface area contributed by atoms with E-state index in [9.17, 15) is 27.5 Å². The number of ether oxygens (including phenoxy) is 2. The average Bonchev–Trinajstić information content (AvgIpc) is 3.05. The van der Waals surface area contributed by atoms with Gasteiger partial charge in [-0.3, -0.25) is 0 Å². The fraction of sp³-hybridized carbons (Fsp3) is 0.444. The standard InChI is InChI=1S/C36H48FN5O7S/c1-36(2,3)49-35(45)42(50(4,46)47)31-6-5-7-33(22-31)48-25-32(43)24-38-19-16-26-10-14-29(15-11-26)40-30-17-20-41(21-18-30)34(44)39-23-27-8-12-28(37)13-9-27/h5-15,22,30,32,38,40,43H,16-21,23-25H2,1-4H3,(H,39,44)/t32-/m1/s1. The maximum atomic E-state index is 13.1. The van der Waals surface area contributed by atoms with Crippen molar-refractivity contribution in [1.82, 2.24) is 15.5 Å². The van der Waals surface area contributed by atoms with Crippen LogP contribution in [0.15, 0.2) is 72.8 Å². The van der Waals surface area contributed by atoms with Crippen LogP contribution in [0.2, 0.25) is 0 Å². The number of hydrogen-bond donors (Lipinski definition) is 4. The summed E-state index contributed by atoms with van der Waals surface area (Å²) in [7, 11) is -3.98. The first kappa shape index (κ1) is 38.4. The molecule has 4 rings (SSSR count). The molecule has 1 heterocycles. The number of carbonyl (C=O) groups is 2. The number of aliphatic hydroxyl groups excluding tert-OH is 1. The molecule has 3 amide bonds. The Morgan fingerprint density at radius 2 is 1.68 bits per heavy atom. The number of benzene rings is 3. The SMILES string of the molecule is CC(C)(C)OC(=O)N(c1cccc(OC[C@H](O)CNCCc2ccc(NC3CCN(C(=O)NCc4ccc(F)cc4)CC3)cc2)c1)S(C)(=O)=O. The molecular formula is C36H48FN5O7S. The molecule has 0 radical (unpaired) electrons. The van der Waals surface area contributed by atoms with Crippen molar-refractivity contribution >= 4 is 33.5 Å². The van der Waals surface area contributed by atoms with Gasteiger partial charge >= 0.3 is 12.1 Å². The lowest BCUT2D eigenvalue weighted by molar-refractivity contribution is 0.0609. The maximum absolute atomic E-state index is 13.1. The molecule has 1 atom stereocenters. The number of urea groups is 1. The zero-order valence-corrected chi connectivity index (χ0v) is 29.8. The summed E-state index contributed by atoms with van der Waals surface area (Å²) in [5.41, 5.74) is 2.19. The number of likely N-dealkylation sites (tertiary alicyclic amines) is 1. The fourth-order valence-electron chi connectivity index (χ4n) is 5.31. The number of carbonyl (C=O) groups excluding carboxylic acids is 2. The highest BCUT2D eigenvalue weighted by molar-refractivity contribution is 7.92. The number of rotatable bonds is 14. The normalized spacial score (nSPS) is 14.5. The lowest BCUT2D eigenvalue weighted by Gasteiger charge is -2.33. The third kappa shape index (κ3) is 12.5. The van der Waals surface area contributed by atoms with Crippen LogP contribution >= 0.6 is 0 Å². The van der Waals surface area contributed by atoms with Crippen LogP contribution in [-0.2, 0) is 27.7 Å². The van der Waals surface area contributed by atoms with Gasteiger partial charge in [-0.05, 0) is 94.1 Å². The molecule has 0 unspecified atom stereocenters. The van der Waals surface area contributed by atoms with E-state index in [1.165, 1.54) is 24.3 Å². The minimum atomic E-state index is -3.98. The van der Waals surface area contributed by atoms with Gasteiger partial charge in [0.1, 0.15) is 29.9 Å². The minimum Gasteiger partial charge on any atom is -0.491 e. The van der Waals surface area contributed by atoms with Crippen molar-refractivity contribution < 1.29 is 37.0 Å². The molecule has 4 N–H and O–H groups in total. The van der Waals surface area contributed by atoms with Crippen LogP contribution in [0.5, 0.6) is 5.75 Å². The first-order valence-corrected chi connectivity index (χ1v) is 18.5. The molecule has 0 spiro atoms. The van der Waals surface area contributed by atoms with E-state index in [0.717, 1.165) is 42.3 Å². The van der Waals surface area contributed by atoms with E-state index in [-0.39, 0.29) is 36.7 Å². The lowest BCUT2D eigenvalue weighted by atomic mass is 10.0. The highest BCUT2D eigenvalue weighted by Gasteiger charge is 2.30. The van der Waals surface area contributed by atoms with Crippen LogP contribution in [0.1, 0.15) is 44.7 Å². The summed E-state index contributed by atoms with van der Waals surface area (Å²) < 4.78 is 49.4. The van der Waals surface area contributed by atoms with Gasteiger partial charge < -0.3 is 35.4 Å². The van der Waals surface area contributed by atoms with E-state index in [1.54, 1.807) is 45.0 Å². The number of nitrogens with zero attached hydrogens (tertiary/aromatic N) is 2. The van der Waals surface area contributed by atoms with Gasteiger partial charge in [0, 0.05) is 44.0 Å². The maximum Gasteiger partial charge on any atom is 0.428 e. The van der Waals surface area contributed by atoms with Crippen LogP contribution in [0.4, 0.5) is 25.4 Å². The number of anilines is 2. The Kier molecular flexibility index (Phi) is 13.4. The Balaban J connectivity index is 1.13. The first-order chi connectivity index (χ1) is 23.7. The molecule has 3 aromatic rings. The van der Waals surface area contributed by atoms with E-state index < -0.39 is 27.8 Å². The Morgan fingerprint density at radius 1 is 1.02 bits per heavy atom. The molecule has 272 valence electrons. The smallest absolute Gasteiger partial charge is 0.428 e. The molecule has 1 aliphatic rings. The van der Waals surface area contributed by atoms with Crippen molar-refractivity contribution in [1.29, 1.82) is 0 Å². The summed E-state index contributed by atoms with van der Waals surface area (Å²) in [6.45, 7) is 7.48. The zero-order chi connectivity index (χ0) is 36.3. The molecule has 14 heteroatoms. The van der Waals surface area contributed by atoms with Gasteiger partial charge in [0.2, 0.25) is 10.0 Å². The number of halogens is 1. The molecule has 3 aromatic carbocycles. The Morgan fingerprint density at radius 3 is 2.32 bits per heavy atom. The van der Waals surface area contributed by atoms with Gasteiger partial charge in [0.15, 0.2) is 0 Å². The molecule has 1 aliphatic heterocycles. The Hall–Kier alpha value is -4.40. The van der Waals surface area contributed by atoms with Crippen molar-refractivity contribution in [2.24, 2.45) is 0 Å². The van der Waals surface area contributed by atoms with Crippen LogP contribution in [0.25, 0.3) is 0 Å². The molecule has 0 saturated carbocycles. The highest BCUT2D eigenvalue weighted by atomic mass is 32.2. The van der Waals surface area contributed by atoms with E-state index >= 15 is 0 Å². The van der Waals surface area contributed by atoms with E-state index in [4.69, 9.17) is 9.47 Å². The van der Waals surface area contributed by atoms with Crippen LogP contribution in [-0.4, -0.2) is 87.3 Å². The second-order valence-corrected chi connectivity index (χ2v) is 15.1. The van der Waals surface area contributed by atoms with Gasteiger partial charge in [-0.25, -0.2) is 22.4 Å². The summed E-state index contributed by atoms with van der Waals surface area (Å²) in [6.07, 6.45) is 1.49. The van der Waals surface area contributed by atoms with Crippen LogP contribution < -0.4 is 25.0 Å². The van der Waals surface area contributed by atoms with Crippen LogP contribution in [0.3, 0.4) is 0 Å². The Bertz CT molecular complexity index is 1660. The number of amides is 3. The monoisotopic (exact) mass is 713 g/mol. The van der Waals surface area contributed by atoms with Gasteiger partial charge in [0.25, 0.3) is 0 Å². The molecule has 0 aromatic heterocycles. The van der Waals surface area contributed by atoms with Gasteiger partial charge in [-0.15, -0.1) is 0 Å².